The van der Waals surface area contributed by atoms with Crippen molar-refractivity contribution in [3.05, 3.63) is 41.7 Å². The summed E-state index contributed by atoms with van der Waals surface area (Å²) in [5, 5.41) is 3.69. The second kappa shape index (κ2) is 6.89. The lowest BCUT2D eigenvalue weighted by Crippen LogP contribution is -2.26. The van der Waals surface area contributed by atoms with Crippen LogP contribution in [0.2, 0.25) is 0 Å². The fourth-order valence-corrected chi connectivity index (χ4v) is 3.02. The van der Waals surface area contributed by atoms with E-state index in [4.69, 9.17) is 0 Å². The molecule has 0 aliphatic carbocycles. The minimum absolute atomic E-state index is 0.184. The Bertz CT molecular complexity index is 800. The lowest BCUT2D eigenvalue weighted by Gasteiger charge is -2.12. The monoisotopic (exact) mass is 362 g/mol. The van der Waals surface area contributed by atoms with Crippen LogP contribution in [0.1, 0.15) is 17.5 Å². The first-order valence-corrected chi connectivity index (χ1v) is 8.53. The highest BCUT2D eigenvalue weighted by molar-refractivity contribution is 7.88. The van der Waals surface area contributed by atoms with E-state index in [1.807, 2.05) is 0 Å². The maximum absolute atomic E-state index is 12.7. The molecule has 0 aliphatic rings. The fraction of sp³-hybridized carbons (Fsp3) is 0.429. The molecule has 0 saturated carbocycles. The number of alkyl halides is 3. The Hall–Kier alpha value is -1.94. The summed E-state index contributed by atoms with van der Waals surface area (Å²) >= 11 is 0. The number of rotatable bonds is 6. The van der Waals surface area contributed by atoms with E-state index in [0.717, 1.165) is 22.8 Å². The normalized spacial score (nSPS) is 12.8. The van der Waals surface area contributed by atoms with E-state index in [1.165, 1.54) is 24.8 Å². The van der Waals surface area contributed by atoms with Gasteiger partial charge in [-0.3, -0.25) is 0 Å². The van der Waals surface area contributed by atoms with Crippen LogP contribution in [0.3, 0.4) is 0 Å². The molecule has 1 aromatic carbocycles. The smallest absolute Gasteiger partial charge is 0.235 e. The molecule has 0 unspecified atom stereocenters. The molecule has 24 heavy (non-hydrogen) atoms. The van der Waals surface area contributed by atoms with E-state index in [0.29, 0.717) is 18.4 Å². The third kappa shape index (κ3) is 4.12. The third-order valence-electron chi connectivity index (χ3n) is 3.38. The summed E-state index contributed by atoms with van der Waals surface area (Å²) in [6, 6.07) is 5.07. The van der Waals surface area contributed by atoms with E-state index in [1.54, 1.807) is 6.07 Å². The number of aryl methyl sites for hydroxylation is 2. The molecule has 0 spiro atoms. The van der Waals surface area contributed by atoms with Gasteiger partial charge in [-0.25, -0.2) is 22.4 Å². The Labute approximate surface area is 138 Å². The van der Waals surface area contributed by atoms with E-state index in [9.17, 15) is 21.6 Å². The van der Waals surface area contributed by atoms with Gasteiger partial charge < -0.3 is 0 Å². The van der Waals surface area contributed by atoms with Crippen molar-refractivity contribution in [2.24, 2.45) is 0 Å². The van der Waals surface area contributed by atoms with Crippen molar-refractivity contribution >= 4 is 10.0 Å². The van der Waals surface area contributed by atoms with Gasteiger partial charge in [-0.15, -0.1) is 0 Å². The fourth-order valence-electron chi connectivity index (χ4n) is 2.11. The number of hydrogen-bond acceptors (Lipinski definition) is 4. The molecule has 0 bridgehead atoms. The Morgan fingerprint density at radius 1 is 1.25 bits per heavy atom. The van der Waals surface area contributed by atoms with Crippen LogP contribution in [0.25, 0.3) is 0 Å². The summed E-state index contributed by atoms with van der Waals surface area (Å²) in [6.45, 7) is 0.235. The lowest BCUT2D eigenvalue weighted by atomic mass is 10.1. The standard InChI is InChI=1S/C14H17F3N4O2S/c1-20(2)24(22,23)13-18-10-19-21(13)8-4-6-11-5-3-7-12(9-11)14(15,16)17/h3,5,7,9-10H,4,6,8H2,1-2H3. The zero-order valence-electron chi connectivity index (χ0n) is 13.2. The van der Waals surface area contributed by atoms with Crippen LogP contribution in [0, 0.1) is 0 Å². The minimum atomic E-state index is -4.38. The van der Waals surface area contributed by atoms with Crippen LogP contribution in [0.5, 0.6) is 0 Å². The van der Waals surface area contributed by atoms with Crippen molar-refractivity contribution < 1.29 is 21.6 Å². The maximum Gasteiger partial charge on any atom is 0.416 e. The van der Waals surface area contributed by atoms with Gasteiger partial charge in [0.2, 0.25) is 0 Å². The second-order valence-electron chi connectivity index (χ2n) is 5.35. The Morgan fingerprint density at radius 2 is 1.96 bits per heavy atom. The van der Waals surface area contributed by atoms with Gasteiger partial charge in [0.15, 0.2) is 0 Å². The molecule has 0 atom stereocenters. The van der Waals surface area contributed by atoms with Crippen LogP contribution in [0.15, 0.2) is 35.7 Å². The zero-order valence-corrected chi connectivity index (χ0v) is 14.0. The second-order valence-corrected chi connectivity index (χ2v) is 7.40. The Balaban J connectivity index is 2.05. The maximum atomic E-state index is 12.7. The molecule has 132 valence electrons. The van der Waals surface area contributed by atoms with Crippen LogP contribution in [-0.2, 0) is 29.2 Å². The summed E-state index contributed by atoms with van der Waals surface area (Å²) < 4.78 is 64.5. The Morgan fingerprint density at radius 3 is 2.58 bits per heavy atom. The molecule has 0 amide bonds. The molecule has 10 heteroatoms. The summed E-state index contributed by atoms with van der Waals surface area (Å²) in [4.78, 5) is 3.75. The van der Waals surface area contributed by atoms with E-state index < -0.39 is 21.8 Å². The Kier molecular flexibility index (Phi) is 5.29. The molecule has 0 N–H and O–H groups in total. The van der Waals surface area contributed by atoms with Crippen LogP contribution < -0.4 is 0 Å². The topological polar surface area (TPSA) is 68.1 Å². The van der Waals surface area contributed by atoms with Crippen molar-refractivity contribution in [2.45, 2.75) is 30.7 Å². The van der Waals surface area contributed by atoms with Gasteiger partial charge in [-0.05, 0) is 24.5 Å². The van der Waals surface area contributed by atoms with Gasteiger partial charge in [-0.1, -0.05) is 18.2 Å². The van der Waals surface area contributed by atoms with Gasteiger partial charge in [0.05, 0.1) is 5.56 Å². The van der Waals surface area contributed by atoms with Crippen LogP contribution in [0.4, 0.5) is 13.2 Å². The van der Waals surface area contributed by atoms with E-state index >= 15 is 0 Å². The van der Waals surface area contributed by atoms with Crippen molar-refractivity contribution in [3.8, 4) is 0 Å². The van der Waals surface area contributed by atoms with Gasteiger partial charge in [0.1, 0.15) is 6.33 Å². The number of halogens is 3. The first-order valence-electron chi connectivity index (χ1n) is 7.09. The van der Waals surface area contributed by atoms with Crippen LogP contribution in [-0.4, -0.2) is 41.6 Å². The molecular weight excluding hydrogens is 345 g/mol. The van der Waals surface area contributed by atoms with Crippen molar-refractivity contribution in [2.75, 3.05) is 14.1 Å². The largest absolute Gasteiger partial charge is 0.416 e. The average molecular weight is 362 g/mol. The molecule has 2 aromatic rings. The summed E-state index contributed by atoms with van der Waals surface area (Å²) in [6.07, 6.45) is -2.44. The van der Waals surface area contributed by atoms with E-state index in [-0.39, 0.29) is 11.7 Å². The molecule has 0 radical (unpaired) electrons. The molecule has 0 fully saturated rings. The lowest BCUT2D eigenvalue weighted by molar-refractivity contribution is -0.137. The van der Waals surface area contributed by atoms with Gasteiger partial charge in [0.25, 0.3) is 15.2 Å². The van der Waals surface area contributed by atoms with Crippen molar-refractivity contribution in [1.82, 2.24) is 19.1 Å². The number of hydrogen-bond donors (Lipinski definition) is 0. The van der Waals surface area contributed by atoms with E-state index in [2.05, 4.69) is 10.1 Å². The summed E-state index contributed by atoms with van der Waals surface area (Å²) in [5.41, 5.74) is -0.168. The number of sulfonamides is 1. The first-order chi connectivity index (χ1) is 11.1. The molecule has 1 heterocycles. The molecule has 2 rings (SSSR count). The highest BCUT2D eigenvalue weighted by atomic mass is 32.2. The molecular formula is C14H17F3N4O2S. The molecule has 0 saturated heterocycles. The average Bonchev–Trinajstić information content (AvgIpc) is 2.96. The number of nitrogens with zero attached hydrogens (tertiary/aromatic N) is 4. The predicted molar refractivity (Wildman–Crippen MR) is 80.7 cm³/mol. The van der Waals surface area contributed by atoms with Crippen LogP contribution >= 0.6 is 0 Å². The minimum Gasteiger partial charge on any atom is -0.235 e. The van der Waals surface area contributed by atoms with Gasteiger partial charge in [-0.2, -0.15) is 18.3 Å². The summed E-state index contributed by atoms with van der Waals surface area (Å²) in [5.74, 6) is 0. The van der Waals surface area contributed by atoms with Crippen molar-refractivity contribution in [1.29, 1.82) is 0 Å². The molecule has 1 aromatic heterocycles. The van der Waals surface area contributed by atoms with Gasteiger partial charge in [0, 0.05) is 20.6 Å². The molecule has 6 nitrogen and oxygen atoms in total. The van der Waals surface area contributed by atoms with Gasteiger partial charge >= 0.3 is 6.18 Å². The van der Waals surface area contributed by atoms with Crippen molar-refractivity contribution in [3.63, 3.8) is 0 Å². The quantitative estimate of drug-likeness (QED) is 0.790. The first kappa shape index (κ1) is 18.4. The third-order valence-corrected chi connectivity index (χ3v) is 5.12. The highest BCUT2D eigenvalue weighted by Gasteiger charge is 2.30. The molecule has 0 aliphatic heterocycles. The SMILES string of the molecule is CN(C)S(=O)(=O)c1ncnn1CCCc1cccc(C(F)(F)F)c1. The highest BCUT2D eigenvalue weighted by Crippen LogP contribution is 2.29. The summed E-state index contributed by atoms with van der Waals surface area (Å²) in [7, 11) is -0.940. The number of benzene rings is 1. The zero-order chi connectivity index (χ0) is 18.0. The number of aromatic nitrogens is 3. The predicted octanol–water partition coefficient (Wildman–Crippen LogP) is 2.18.